The molecule has 0 N–H and O–H groups in total. The molecule has 0 radical (unpaired) electrons. The van der Waals surface area contributed by atoms with E-state index < -0.39 is 6.09 Å². The van der Waals surface area contributed by atoms with E-state index in [0.717, 1.165) is 68.9 Å². The molecular weight excluding hydrogens is 556 g/mol. The maximum atomic E-state index is 13.3. The van der Waals surface area contributed by atoms with Crippen LogP contribution < -0.4 is 4.90 Å². The number of carbonyl (C=O) groups is 3. The smallest absolute Gasteiger partial charge is 0.414 e. The Morgan fingerprint density at radius 1 is 0.952 bits per heavy atom. The van der Waals surface area contributed by atoms with Crippen LogP contribution >= 0.6 is 11.6 Å². The van der Waals surface area contributed by atoms with Crippen molar-refractivity contribution in [3.05, 3.63) is 52.1 Å². The number of hydrogen-bond acceptors (Lipinski definition) is 7. The summed E-state index contributed by atoms with van der Waals surface area (Å²) in [6, 6.07) is 5.63. The van der Waals surface area contributed by atoms with Crippen LogP contribution in [0.15, 0.2) is 24.5 Å². The molecule has 3 amide bonds. The molecule has 0 bridgehead atoms. The number of likely N-dealkylation sites (tertiary alicyclic amines) is 3. The Morgan fingerprint density at radius 3 is 2.24 bits per heavy atom. The number of nitrogens with zero attached hydrogens (tertiary/aromatic N) is 6. The minimum absolute atomic E-state index is 0.0314. The number of ether oxygens (including phenoxy) is 1. The molecule has 3 saturated heterocycles. The normalized spacial score (nSPS) is 22.2. The molecule has 4 heterocycles. The lowest BCUT2D eigenvalue weighted by molar-refractivity contribution is -0.142. The van der Waals surface area contributed by atoms with Gasteiger partial charge in [0.15, 0.2) is 0 Å². The average Bonchev–Trinajstić information content (AvgIpc) is 3.60. The van der Waals surface area contributed by atoms with Crippen LogP contribution in [0, 0.1) is 38.5 Å². The van der Waals surface area contributed by atoms with E-state index >= 15 is 0 Å². The second-order valence-corrected chi connectivity index (χ2v) is 12.8. The Balaban J connectivity index is 1.01. The monoisotopic (exact) mass is 594 g/mol. The molecule has 6 rings (SSSR count). The highest BCUT2D eigenvalue weighted by molar-refractivity contribution is 6.31. The fourth-order valence-electron chi connectivity index (χ4n) is 6.51. The van der Waals surface area contributed by atoms with Gasteiger partial charge in [0.25, 0.3) is 5.91 Å². The van der Waals surface area contributed by atoms with Gasteiger partial charge in [-0.05, 0) is 76.1 Å². The van der Waals surface area contributed by atoms with Gasteiger partial charge in [-0.3, -0.25) is 14.5 Å². The lowest BCUT2D eigenvalue weighted by Gasteiger charge is -2.39. The first kappa shape index (κ1) is 28.9. The Labute approximate surface area is 252 Å². The number of carbonyl (C=O) groups excluding carboxylic acids is 3. The highest BCUT2D eigenvalue weighted by Gasteiger charge is 2.43. The quantitative estimate of drug-likeness (QED) is 0.459. The van der Waals surface area contributed by atoms with Crippen LogP contribution in [0.1, 0.15) is 46.6 Å². The zero-order valence-corrected chi connectivity index (χ0v) is 25.3. The number of amides is 3. The molecule has 11 heteroatoms. The Hall–Kier alpha value is -3.24. The summed E-state index contributed by atoms with van der Waals surface area (Å²) in [6.07, 6.45) is 3.55. The maximum absolute atomic E-state index is 13.3. The van der Waals surface area contributed by atoms with Gasteiger partial charge in [0.05, 0.1) is 30.0 Å². The van der Waals surface area contributed by atoms with Crippen LogP contribution in [0.3, 0.4) is 0 Å². The second kappa shape index (κ2) is 11.8. The first-order chi connectivity index (χ1) is 20.2. The van der Waals surface area contributed by atoms with Crippen LogP contribution in [0.2, 0.25) is 5.02 Å². The highest BCUT2D eigenvalue weighted by atomic mass is 35.5. The highest BCUT2D eigenvalue weighted by Crippen LogP contribution is 2.34. The van der Waals surface area contributed by atoms with Crippen molar-refractivity contribution in [3.8, 4) is 0 Å². The number of rotatable bonds is 8. The lowest BCUT2D eigenvalue weighted by atomic mass is 10.0. The SMILES string of the molecule is Cc1ccc(N(CCCN2CC3CN(C(=O)c4c(C)ncnc4C)CC3C2)C(=O)OC2CN(C(=O)C3CC3)C2)cc1Cl. The predicted molar refractivity (Wildman–Crippen MR) is 159 cm³/mol. The summed E-state index contributed by atoms with van der Waals surface area (Å²) in [5, 5.41) is 0.606. The number of benzene rings is 1. The van der Waals surface area contributed by atoms with Crippen LogP contribution in [0.4, 0.5) is 10.5 Å². The zero-order valence-electron chi connectivity index (χ0n) is 24.6. The molecule has 1 aliphatic carbocycles. The molecule has 4 fully saturated rings. The lowest BCUT2D eigenvalue weighted by Crippen LogP contribution is -2.56. The van der Waals surface area contributed by atoms with Crippen molar-refractivity contribution in [2.24, 2.45) is 17.8 Å². The van der Waals surface area contributed by atoms with E-state index in [9.17, 15) is 14.4 Å². The molecule has 1 saturated carbocycles. The summed E-state index contributed by atoms with van der Waals surface area (Å²) in [5.74, 6) is 1.27. The van der Waals surface area contributed by atoms with Gasteiger partial charge in [0, 0.05) is 49.4 Å². The molecule has 224 valence electrons. The third-order valence-corrected chi connectivity index (χ3v) is 9.59. The number of fused-ring (bicyclic) bond motifs is 1. The fourth-order valence-corrected chi connectivity index (χ4v) is 6.69. The molecule has 2 atom stereocenters. The summed E-state index contributed by atoms with van der Waals surface area (Å²) >= 11 is 6.41. The van der Waals surface area contributed by atoms with Crippen molar-refractivity contribution in [2.45, 2.75) is 46.1 Å². The van der Waals surface area contributed by atoms with E-state index in [2.05, 4.69) is 14.9 Å². The van der Waals surface area contributed by atoms with Crippen molar-refractivity contribution >= 4 is 35.2 Å². The third kappa shape index (κ3) is 5.97. The van der Waals surface area contributed by atoms with Gasteiger partial charge in [-0.25, -0.2) is 14.8 Å². The largest absolute Gasteiger partial charge is 0.442 e. The van der Waals surface area contributed by atoms with Crippen LogP contribution in [0.25, 0.3) is 0 Å². The first-order valence-corrected chi connectivity index (χ1v) is 15.4. The molecular formula is C31H39ClN6O4. The number of halogens is 1. The van der Waals surface area contributed by atoms with Gasteiger partial charge in [0.2, 0.25) is 5.91 Å². The minimum Gasteiger partial charge on any atom is -0.442 e. The van der Waals surface area contributed by atoms with Gasteiger partial charge in [-0.1, -0.05) is 17.7 Å². The summed E-state index contributed by atoms with van der Waals surface area (Å²) in [4.78, 5) is 55.1. The van der Waals surface area contributed by atoms with E-state index in [4.69, 9.17) is 16.3 Å². The summed E-state index contributed by atoms with van der Waals surface area (Å²) in [6.45, 7) is 11.3. The molecule has 3 aliphatic heterocycles. The number of anilines is 1. The summed E-state index contributed by atoms with van der Waals surface area (Å²) in [7, 11) is 0. The van der Waals surface area contributed by atoms with Crippen molar-refractivity contribution in [1.82, 2.24) is 24.7 Å². The van der Waals surface area contributed by atoms with Gasteiger partial charge >= 0.3 is 6.09 Å². The van der Waals surface area contributed by atoms with Gasteiger partial charge in [0.1, 0.15) is 12.4 Å². The standard InChI is InChI=1S/C31H39ClN6O4/c1-19-5-8-25(11-27(19)32)38(31(41)42-26-16-37(17-26)29(39)22-6-7-22)10-4-9-35-12-23-14-36(15-24(23)13-35)30(40)28-20(2)33-18-34-21(28)3/h5,8,11,18,22-24,26H,4,6-7,9-10,12-17H2,1-3H3. The molecule has 2 aromatic rings. The van der Waals surface area contributed by atoms with E-state index in [1.807, 2.05) is 43.9 Å². The van der Waals surface area contributed by atoms with E-state index in [1.54, 1.807) is 9.80 Å². The second-order valence-electron chi connectivity index (χ2n) is 12.4. The minimum atomic E-state index is -0.402. The fraction of sp³-hybridized carbons (Fsp3) is 0.581. The number of aryl methyl sites for hydroxylation is 3. The van der Waals surface area contributed by atoms with Crippen molar-refractivity contribution < 1.29 is 19.1 Å². The topological polar surface area (TPSA) is 99.2 Å². The summed E-state index contributed by atoms with van der Waals surface area (Å²) < 4.78 is 5.81. The van der Waals surface area contributed by atoms with E-state index in [1.165, 1.54) is 6.33 Å². The van der Waals surface area contributed by atoms with E-state index in [0.29, 0.717) is 47.7 Å². The number of hydrogen-bond donors (Lipinski definition) is 0. The van der Waals surface area contributed by atoms with Gasteiger partial charge in [-0.2, -0.15) is 0 Å². The van der Waals surface area contributed by atoms with E-state index in [-0.39, 0.29) is 23.8 Å². The Morgan fingerprint density at radius 2 is 1.62 bits per heavy atom. The molecule has 4 aliphatic rings. The molecule has 42 heavy (non-hydrogen) atoms. The average molecular weight is 595 g/mol. The zero-order chi connectivity index (χ0) is 29.5. The molecule has 0 spiro atoms. The molecule has 1 aromatic heterocycles. The first-order valence-electron chi connectivity index (χ1n) is 15.0. The van der Waals surface area contributed by atoms with Crippen molar-refractivity contribution in [3.63, 3.8) is 0 Å². The van der Waals surface area contributed by atoms with Crippen molar-refractivity contribution in [2.75, 3.05) is 57.3 Å². The van der Waals surface area contributed by atoms with Crippen LogP contribution in [-0.2, 0) is 9.53 Å². The maximum Gasteiger partial charge on any atom is 0.414 e. The Bertz CT molecular complexity index is 1340. The van der Waals surface area contributed by atoms with Crippen LogP contribution in [0.5, 0.6) is 0 Å². The Kier molecular flexibility index (Phi) is 8.11. The summed E-state index contributed by atoms with van der Waals surface area (Å²) in [5.41, 5.74) is 3.74. The predicted octanol–water partition coefficient (Wildman–Crippen LogP) is 3.71. The van der Waals surface area contributed by atoms with Crippen LogP contribution in [-0.4, -0.2) is 101 Å². The van der Waals surface area contributed by atoms with Gasteiger partial charge < -0.3 is 19.4 Å². The number of aromatic nitrogens is 2. The molecule has 1 aromatic carbocycles. The van der Waals surface area contributed by atoms with Crippen molar-refractivity contribution in [1.29, 1.82) is 0 Å². The van der Waals surface area contributed by atoms with Gasteiger partial charge in [-0.15, -0.1) is 0 Å². The molecule has 2 unspecified atom stereocenters. The third-order valence-electron chi connectivity index (χ3n) is 9.19. The molecule has 10 nitrogen and oxygen atoms in total.